The Kier molecular flexibility index (Phi) is 5.32. The molecule has 1 saturated heterocycles. The molecule has 2 amide bonds. The van der Waals surface area contributed by atoms with E-state index in [0.717, 1.165) is 29.5 Å². The number of nitrogens with zero attached hydrogens (tertiary/aromatic N) is 1. The van der Waals surface area contributed by atoms with E-state index in [1.165, 1.54) is 12.1 Å². The Morgan fingerprint density at radius 2 is 1.94 bits per heavy atom. The van der Waals surface area contributed by atoms with Crippen LogP contribution in [0.15, 0.2) is 60.7 Å². The lowest BCUT2D eigenvalue weighted by molar-refractivity contribution is 0.0695. The third-order valence-electron chi connectivity index (χ3n) is 7.54. The molecule has 3 aromatic rings. The molecule has 3 atom stereocenters. The third-order valence-corrected chi connectivity index (χ3v) is 7.54. The van der Waals surface area contributed by atoms with Gasteiger partial charge in [-0.2, -0.15) is 0 Å². The molecule has 0 spiro atoms. The lowest BCUT2D eigenvalue weighted by atomic mass is 9.96. The van der Waals surface area contributed by atoms with E-state index in [0.29, 0.717) is 54.0 Å². The van der Waals surface area contributed by atoms with Gasteiger partial charge in [0.1, 0.15) is 11.6 Å². The number of carbonyl (C=O) groups excluding carboxylic acids is 2. The molecule has 6 heteroatoms. The fourth-order valence-electron chi connectivity index (χ4n) is 5.65. The molecule has 0 aromatic heterocycles. The largest absolute Gasteiger partial charge is 0.492 e. The average molecular weight is 471 g/mol. The van der Waals surface area contributed by atoms with Gasteiger partial charge in [0.15, 0.2) is 0 Å². The average Bonchev–Trinajstić information content (AvgIpc) is 3.29. The van der Waals surface area contributed by atoms with E-state index in [1.54, 1.807) is 12.1 Å². The van der Waals surface area contributed by atoms with Gasteiger partial charge in [0, 0.05) is 25.1 Å². The van der Waals surface area contributed by atoms with Crippen LogP contribution in [0.5, 0.6) is 5.75 Å². The van der Waals surface area contributed by atoms with E-state index in [9.17, 15) is 14.0 Å². The third kappa shape index (κ3) is 3.97. The summed E-state index contributed by atoms with van der Waals surface area (Å²) in [6.45, 7) is 3.64. The monoisotopic (exact) mass is 470 g/mol. The van der Waals surface area contributed by atoms with Crippen molar-refractivity contribution in [1.82, 2.24) is 10.2 Å². The lowest BCUT2D eigenvalue weighted by Gasteiger charge is -2.29. The first kappa shape index (κ1) is 21.8. The van der Waals surface area contributed by atoms with Crippen molar-refractivity contribution in [3.63, 3.8) is 0 Å². The Bertz CT molecular complexity index is 1340. The number of rotatable bonds is 5. The number of ether oxygens (including phenoxy) is 1. The summed E-state index contributed by atoms with van der Waals surface area (Å²) in [5.74, 6) is 0.985. The molecular weight excluding hydrogens is 443 g/mol. The normalized spacial score (nSPS) is 21.8. The number of benzene rings is 3. The number of amides is 2. The van der Waals surface area contributed by atoms with Gasteiger partial charge < -0.3 is 15.0 Å². The van der Waals surface area contributed by atoms with E-state index in [-0.39, 0.29) is 23.7 Å². The number of nitrogens with one attached hydrogen (secondary N) is 1. The summed E-state index contributed by atoms with van der Waals surface area (Å²) in [7, 11) is 0. The standard InChI is InChI=1S/C29H27FN2O3/c1-17-8-9-22(24(12-17)19-5-2-6-21(30)13-19)29(34)32-16-20-14-25(20)26(32)15-31-28(33)23-7-3-4-18-10-11-35-27(18)23/h2-9,12-13,20,25-26H,10-11,14-16H2,1H3,(H,31,33)/t20-,25-,26-/m1/s1. The molecule has 2 aliphatic heterocycles. The first-order valence-electron chi connectivity index (χ1n) is 12.2. The predicted octanol–water partition coefficient (Wildman–Crippen LogP) is 4.63. The second-order valence-electron chi connectivity index (χ2n) is 9.85. The van der Waals surface area contributed by atoms with Crippen molar-refractivity contribution in [2.75, 3.05) is 19.7 Å². The summed E-state index contributed by atoms with van der Waals surface area (Å²) in [4.78, 5) is 28.7. The van der Waals surface area contributed by atoms with Crippen LogP contribution in [0.2, 0.25) is 0 Å². The highest BCUT2D eigenvalue weighted by Gasteiger charge is 2.54. The van der Waals surface area contributed by atoms with Gasteiger partial charge in [-0.05, 0) is 66.1 Å². The maximum absolute atomic E-state index is 14.0. The molecule has 3 aromatic carbocycles. The van der Waals surface area contributed by atoms with Crippen molar-refractivity contribution in [1.29, 1.82) is 0 Å². The second kappa shape index (κ2) is 8.52. The number of likely N-dealkylation sites (tertiary alicyclic amines) is 1. The van der Waals surface area contributed by atoms with Crippen LogP contribution in [0, 0.1) is 24.6 Å². The van der Waals surface area contributed by atoms with Crippen molar-refractivity contribution >= 4 is 11.8 Å². The van der Waals surface area contributed by atoms with Crippen LogP contribution < -0.4 is 10.1 Å². The van der Waals surface area contributed by atoms with Crippen LogP contribution in [0.3, 0.4) is 0 Å². The lowest BCUT2D eigenvalue weighted by Crippen LogP contribution is -2.45. The molecule has 5 nitrogen and oxygen atoms in total. The van der Waals surface area contributed by atoms with E-state index in [1.807, 2.05) is 48.2 Å². The van der Waals surface area contributed by atoms with Gasteiger partial charge in [-0.3, -0.25) is 9.59 Å². The molecule has 1 saturated carbocycles. The van der Waals surface area contributed by atoms with Crippen LogP contribution in [0.25, 0.3) is 11.1 Å². The number of hydrogen-bond acceptors (Lipinski definition) is 3. The molecule has 2 fully saturated rings. The Balaban J connectivity index is 1.24. The molecule has 178 valence electrons. The Morgan fingerprint density at radius 1 is 1.09 bits per heavy atom. The van der Waals surface area contributed by atoms with Crippen LogP contribution >= 0.6 is 0 Å². The summed E-state index contributed by atoms with van der Waals surface area (Å²) in [5, 5.41) is 3.06. The quantitative estimate of drug-likeness (QED) is 0.592. The summed E-state index contributed by atoms with van der Waals surface area (Å²) >= 11 is 0. The topological polar surface area (TPSA) is 58.6 Å². The number of halogens is 1. The first-order valence-corrected chi connectivity index (χ1v) is 12.2. The number of hydrogen-bond donors (Lipinski definition) is 1. The molecule has 1 N–H and O–H groups in total. The van der Waals surface area contributed by atoms with E-state index in [4.69, 9.17) is 4.74 Å². The van der Waals surface area contributed by atoms with Crippen molar-refractivity contribution in [2.24, 2.45) is 11.8 Å². The SMILES string of the molecule is Cc1ccc(C(=O)N2C[C@H]3C[C@H]3[C@H]2CNC(=O)c2cccc3c2OCC3)c(-c2cccc(F)c2)c1. The fraction of sp³-hybridized carbons (Fsp3) is 0.310. The molecule has 1 aliphatic carbocycles. The maximum atomic E-state index is 14.0. The minimum Gasteiger partial charge on any atom is -0.492 e. The number of carbonyl (C=O) groups is 2. The zero-order chi connectivity index (χ0) is 24.1. The molecule has 2 heterocycles. The molecule has 6 rings (SSSR count). The first-order chi connectivity index (χ1) is 17.0. The summed E-state index contributed by atoms with van der Waals surface area (Å²) < 4.78 is 19.7. The molecule has 0 bridgehead atoms. The van der Waals surface area contributed by atoms with Crippen LogP contribution in [0.1, 0.15) is 38.3 Å². The van der Waals surface area contributed by atoms with Gasteiger partial charge >= 0.3 is 0 Å². The second-order valence-corrected chi connectivity index (χ2v) is 9.85. The van der Waals surface area contributed by atoms with E-state index < -0.39 is 0 Å². The number of piperidine rings is 1. The van der Waals surface area contributed by atoms with Crippen LogP contribution in [0.4, 0.5) is 4.39 Å². The summed E-state index contributed by atoms with van der Waals surface area (Å²) in [6.07, 6.45) is 1.90. The minimum atomic E-state index is -0.332. The predicted molar refractivity (Wildman–Crippen MR) is 131 cm³/mol. The van der Waals surface area contributed by atoms with E-state index in [2.05, 4.69) is 5.32 Å². The molecule has 0 radical (unpaired) electrons. The highest BCUT2D eigenvalue weighted by atomic mass is 19.1. The molecule has 0 unspecified atom stereocenters. The Labute approximate surface area is 203 Å². The van der Waals surface area contributed by atoms with Gasteiger partial charge in [-0.1, -0.05) is 42.0 Å². The molecule has 3 aliphatic rings. The molecule has 35 heavy (non-hydrogen) atoms. The fourth-order valence-corrected chi connectivity index (χ4v) is 5.65. The highest BCUT2D eigenvalue weighted by molar-refractivity contribution is 6.02. The highest BCUT2D eigenvalue weighted by Crippen LogP contribution is 2.50. The van der Waals surface area contributed by atoms with Crippen LogP contribution in [-0.2, 0) is 6.42 Å². The zero-order valence-corrected chi connectivity index (χ0v) is 19.6. The number of fused-ring (bicyclic) bond motifs is 2. The van der Waals surface area contributed by atoms with Crippen molar-refractivity contribution in [2.45, 2.75) is 25.8 Å². The van der Waals surface area contributed by atoms with Gasteiger partial charge in [-0.15, -0.1) is 0 Å². The van der Waals surface area contributed by atoms with Gasteiger partial charge in [0.25, 0.3) is 11.8 Å². The summed E-state index contributed by atoms with van der Waals surface area (Å²) in [6, 6.07) is 17.6. The van der Waals surface area contributed by atoms with Crippen molar-refractivity contribution in [3.8, 4) is 16.9 Å². The van der Waals surface area contributed by atoms with Crippen LogP contribution in [-0.4, -0.2) is 42.5 Å². The minimum absolute atomic E-state index is 0.0595. The van der Waals surface area contributed by atoms with Gasteiger partial charge in [0.05, 0.1) is 18.2 Å². The Hall–Kier alpha value is -3.67. The number of para-hydroxylation sites is 1. The summed E-state index contributed by atoms with van der Waals surface area (Å²) in [5.41, 5.74) is 4.59. The van der Waals surface area contributed by atoms with E-state index >= 15 is 0 Å². The number of aryl methyl sites for hydroxylation is 1. The smallest absolute Gasteiger partial charge is 0.255 e. The molecular formula is C29H27FN2O3. The van der Waals surface area contributed by atoms with Crippen molar-refractivity contribution in [3.05, 3.63) is 88.7 Å². The zero-order valence-electron chi connectivity index (χ0n) is 19.6. The van der Waals surface area contributed by atoms with Gasteiger partial charge in [0.2, 0.25) is 0 Å². The Morgan fingerprint density at radius 3 is 2.80 bits per heavy atom. The maximum Gasteiger partial charge on any atom is 0.255 e. The van der Waals surface area contributed by atoms with Crippen molar-refractivity contribution < 1.29 is 18.7 Å². The van der Waals surface area contributed by atoms with Gasteiger partial charge in [-0.25, -0.2) is 4.39 Å².